The molecule has 0 bridgehead atoms. The van der Waals surface area contributed by atoms with Gasteiger partial charge in [0, 0.05) is 28.4 Å². The van der Waals surface area contributed by atoms with Crippen LogP contribution in [0.25, 0.3) is 0 Å². The summed E-state index contributed by atoms with van der Waals surface area (Å²) in [4.78, 5) is 10.1. The van der Waals surface area contributed by atoms with Crippen molar-refractivity contribution in [3.63, 3.8) is 0 Å². The average Bonchev–Trinajstić information content (AvgIpc) is 2.31. The first-order chi connectivity index (χ1) is 7.38. The summed E-state index contributed by atoms with van der Waals surface area (Å²) in [6.45, 7) is 0. The SMILES string of the molecule is N#Cc1ccc(Sc2ccncc2)cn1. The Kier molecular flexibility index (Phi) is 2.96. The number of nitrogens with zero attached hydrogens (tertiary/aromatic N) is 3. The van der Waals surface area contributed by atoms with Crippen LogP contribution in [0.2, 0.25) is 0 Å². The van der Waals surface area contributed by atoms with E-state index in [0.717, 1.165) is 9.79 Å². The zero-order valence-corrected chi connectivity index (χ0v) is 8.61. The van der Waals surface area contributed by atoms with Crippen LogP contribution in [0, 0.1) is 11.3 Å². The molecule has 0 spiro atoms. The molecule has 0 aliphatic heterocycles. The smallest absolute Gasteiger partial charge is 0.140 e. The number of hydrogen-bond acceptors (Lipinski definition) is 4. The van der Waals surface area contributed by atoms with E-state index < -0.39 is 0 Å². The third-order valence-electron chi connectivity index (χ3n) is 1.74. The molecule has 72 valence electrons. The average molecular weight is 213 g/mol. The molecule has 0 aromatic carbocycles. The highest BCUT2D eigenvalue weighted by Gasteiger charge is 1.97. The van der Waals surface area contributed by atoms with Gasteiger partial charge in [0.2, 0.25) is 0 Å². The van der Waals surface area contributed by atoms with Gasteiger partial charge in [-0.25, -0.2) is 4.98 Å². The summed E-state index contributed by atoms with van der Waals surface area (Å²) >= 11 is 1.59. The Morgan fingerprint density at radius 1 is 1.07 bits per heavy atom. The Labute approximate surface area is 91.8 Å². The third kappa shape index (κ3) is 2.55. The van der Waals surface area contributed by atoms with Crippen molar-refractivity contribution in [2.75, 3.05) is 0 Å². The van der Waals surface area contributed by atoms with Crippen LogP contribution in [0.15, 0.2) is 52.6 Å². The summed E-state index contributed by atoms with van der Waals surface area (Å²) < 4.78 is 0. The van der Waals surface area contributed by atoms with Crippen molar-refractivity contribution < 1.29 is 0 Å². The molecule has 4 heteroatoms. The van der Waals surface area contributed by atoms with Crippen LogP contribution in [0.3, 0.4) is 0 Å². The van der Waals surface area contributed by atoms with Crippen LogP contribution in [0.1, 0.15) is 5.69 Å². The van der Waals surface area contributed by atoms with E-state index in [-0.39, 0.29) is 0 Å². The second-order valence-corrected chi connectivity index (χ2v) is 3.92. The lowest BCUT2D eigenvalue weighted by Crippen LogP contribution is -1.81. The Morgan fingerprint density at radius 2 is 1.87 bits per heavy atom. The number of aromatic nitrogens is 2. The number of hydrogen-bond donors (Lipinski definition) is 0. The lowest BCUT2D eigenvalue weighted by molar-refractivity contribution is 1.19. The summed E-state index contributed by atoms with van der Waals surface area (Å²) in [5, 5.41) is 8.59. The van der Waals surface area contributed by atoms with Crippen molar-refractivity contribution in [1.29, 1.82) is 5.26 Å². The third-order valence-corrected chi connectivity index (χ3v) is 2.72. The van der Waals surface area contributed by atoms with Crippen molar-refractivity contribution in [1.82, 2.24) is 9.97 Å². The molecule has 0 radical (unpaired) electrons. The van der Waals surface area contributed by atoms with Gasteiger partial charge in [-0.1, -0.05) is 11.8 Å². The molecule has 0 aliphatic rings. The highest BCUT2D eigenvalue weighted by atomic mass is 32.2. The van der Waals surface area contributed by atoms with Crippen molar-refractivity contribution in [3.05, 3.63) is 48.5 Å². The molecule has 0 atom stereocenters. The van der Waals surface area contributed by atoms with E-state index in [1.54, 1.807) is 36.4 Å². The van der Waals surface area contributed by atoms with E-state index in [2.05, 4.69) is 9.97 Å². The summed E-state index contributed by atoms with van der Waals surface area (Å²) in [6, 6.07) is 9.45. The van der Waals surface area contributed by atoms with E-state index in [1.807, 2.05) is 24.3 Å². The quantitative estimate of drug-likeness (QED) is 0.769. The van der Waals surface area contributed by atoms with E-state index >= 15 is 0 Å². The summed E-state index contributed by atoms with van der Waals surface area (Å²) in [5.74, 6) is 0. The fourth-order valence-electron chi connectivity index (χ4n) is 1.05. The van der Waals surface area contributed by atoms with E-state index in [4.69, 9.17) is 5.26 Å². The molecule has 0 aliphatic carbocycles. The first-order valence-corrected chi connectivity index (χ1v) is 5.14. The second-order valence-electron chi connectivity index (χ2n) is 2.78. The van der Waals surface area contributed by atoms with Crippen LogP contribution in [0.5, 0.6) is 0 Å². The summed E-state index contributed by atoms with van der Waals surface area (Å²) in [7, 11) is 0. The van der Waals surface area contributed by atoms with E-state index in [1.165, 1.54) is 0 Å². The van der Waals surface area contributed by atoms with Gasteiger partial charge >= 0.3 is 0 Å². The first kappa shape index (κ1) is 9.69. The predicted octanol–water partition coefficient (Wildman–Crippen LogP) is 2.50. The van der Waals surface area contributed by atoms with Gasteiger partial charge in [-0.05, 0) is 24.3 Å². The molecule has 2 heterocycles. The Morgan fingerprint density at radius 3 is 2.47 bits per heavy atom. The van der Waals surface area contributed by atoms with Gasteiger partial charge in [-0.15, -0.1) is 0 Å². The van der Waals surface area contributed by atoms with Gasteiger partial charge in [0.05, 0.1) is 0 Å². The molecule has 0 N–H and O–H groups in total. The molecule has 0 saturated heterocycles. The molecule has 0 fully saturated rings. The van der Waals surface area contributed by atoms with Crippen LogP contribution >= 0.6 is 11.8 Å². The normalized spacial score (nSPS) is 9.53. The van der Waals surface area contributed by atoms with E-state index in [9.17, 15) is 0 Å². The number of pyridine rings is 2. The maximum Gasteiger partial charge on any atom is 0.140 e. The zero-order chi connectivity index (χ0) is 10.5. The molecule has 0 unspecified atom stereocenters. The standard InChI is InChI=1S/C11H7N3S/c12-7-9-1-2-11(8-14-9)15-10-3-5-13-6-4-10/h1-6,8H. The minimum absolute atomic E-state index is 0.439. The van der Waals surface area contributed by atoms with Gasteiger partial charge in [0.1, 0.15) is 11.8 Å². The Bertz CT molecular complexity index is 473. The fourth-order valence-corrected chi connectivity index (χ4v) is 1.82. The van der Waals surface area contributed by atoms with Gasteiger partial charge in [0.25, 0.3) is 0 Å². The maximum absolute atomic E-state index is 8.59. The molecular formula is C11H7N3S. The first-order valence-electron chi connectivity index (χ1n) is 4.32. The fraction of sp³-hybridized carbons (Fsp3) is 0. The van der Waals surface area contributed by atoms with Crippen LogP contribution in [-0.4, -0.2) is 9.97 Å². The number of nitriles is 1. The molecule has 2 aromatic heterocycles. The number of rotatable bonds is 2. The minimum Gasteiger partial charge on any atom is -0.265 e. The van der Waals surface area contributed by atoms with Gasteiger partial charge in [-0.2, -0.15) is 5.26 Å². The van der Waals surface area contributed by atoms with Crippen molar-refractivity contribution in [2.45, 2.75) is 9.79 Å². The molecule has 15 heavy (non-hydrogen) atoms. The largest absolute Gasteiger partial charge is 0.265 e. The predicted molar refractivity (Wildman–Crippen MR) is 57.3 cm³/mol. The van der Waals surface area contributed by atoms with Crippen molar-refractivity contribution >= 4 is 11.8 Å². The summed E-state index contributed by atoms with van der Waals surface area (Å²) in [5.41, 5.74) is 0.439. The van der Waals surface area contributed by atoms with E-state index in [0.29, 0.717) is 5.69 Å². The molecule has 2 rings (SSSR count). The van der Waals surface area contributed by atoms with Crippen molar-refractivity contribution in [2.24, 2.45) is 0 Å². The monoisotopic (exact) mass is 213 g/mol. The van der Waals surface area contributed by atoms with Gasteiger partial charge < -0.3 is 0 Å². The van der Waals surface area contributed by atoms with Crippen LogP contribution in [0.4, 0.5) is 0 Å². The molecular weight excluding hydrogens is 206 g/mol. The van der Waals surface area contributed by atoms with Crippen LogP contribution < -0.4 is 0 Å². The summed E-state index contributed by atoms with van der Waals surface area (Å²) in [6.07, 6.45) is 5.20. The highest BCUT2D eigenvalue weighted by Crippen LogP contribution is 2.25. The topological polar surface area (TPSA) is 49.6 Å². The van der Waals surface area contributed by atoms with Crippen molar-refractivity contribution in [3.8, 4) is 6.07 Å². The van der Waals surface area contributed by atoms with Crippen LogP contribution in [-0.2, 0) is 0 Å². The Balaban J connectivity index is 2.16. The molecule has 0 saturated carbocycles. The zero-order valence-electron chi connectivity index (χ0n) is 7.79. The highest BCUT2D eigenvalue weighted by molar-refractivity contribution is 7.99. The maximum atomic E-state index is 8.59. The minimum atomic E-state index is 0.439. The van der Waals surface area contributed by atoms with Gasteiger partial charge in [0.15, 0.2) is 0 Å². The molecule has 3 nitrogen and oxygen atoms in total. The molecule has 2 aromatic rings. The molecule has 0 amide bonds. The lowest BCUT2D eigenvalue weighted by Gasteiger charge is -1.99. The second kappa shape index (κ2) is 4.58. The lowest BCUT2D eigenvalue weighted by atomic mass is 10.4. The Hall–Kier alpha value is -1.86. The van der Waals surface area contributed by atoms with Gasteiger partial charge in [-0.3, -0.25) is 4.98 Å².